The van der Waals surface area contributed by atoms with E-state index >= 15 is 0 Å². The molecule has 12 heteroatoms. The highest BCUT2D eigenvalue weighted by atomic mass is 19.4. The lowest BCUT2D eigenvalue weighted by Crippen LogP contribution is -2.16. The minimum atomic E-state index is -4.58. The lowest BCUT2D eigenvalue weighted by molar-refractivity contribution is -0.137. The predicted octanol–water partition coefficient (Wildman–Crippen LogP) is 5.44. The molecule has 5 rings (SSSR count). The molecule has 0 atom stereocenters. The molecule has 0 radical (unpaired) electrons. The second kappa shape index (κ2) is 9.30. The average Bonchev–Trinajstić information content (AvgIpc) is 3.36. The highest BCUT2D eigenvalue weighted by Gasteiger charge is 2.31. The molecule has 4 heterocycles. The maximum atomic E-state index is 13.1. The minimum absolute atomic E-state index is 0.344. The van der Waals surface area contributed by atoms with Crippen molar-refractivity contribution in [2.45, 2.75) is 20.0 Å². The summed E-state index contributed by atoms with van der Waals surface area (Å²) in [6.45, 7) is 3.67. The zero-order valence-corrected chi connectivity index (χ0v) is 19.6. The Morgan fingerprint density at radius 2 is 1.73 bits per heavy atom. The number of aromatic nitrogens is 6. The summed E-state index contributed by atoms with van der Waals surface area (Å²) in [6, 6.07) is 8.70. The first kappa shape index (κ1) is 23.9. The number of carbonyl (C=O) groups is 1. The molecule has 0 spiro atoms. The molecular formula is C25H19F3N8O. The molecule has 0 saturated carbocycles. The molecule has 37 heavy (non-hydrogen) atoms. The largest absolute Gasteiger partial charge is 0.416 e. The van der Waals surface area contributed by atoms with Crippen molar-refractivity contribution in [3.8, 4) is 11.3 Å². The number of halogens is 3. The number of benzene rings is 1. The van der Waals surface area contributed by atoms with Crippen molar-refractivity contribution < 1.29 is 18.0 Å². The van der Waals surface area contributed by atoms with Gasteiger partial charge in [-0.3, -0.25) is 9.78 Å². The highest BCUT2D eigenvalue weighted by molar-refractivity contribution is 6.03. The molecule has 4 aromatic heterocycles. The number of aromatic amines is 1. The fourth-order valence-electron chi connectivity index (χ4n) is 3.83. The molecule has 0 aliphatic rings. The Morgan fingerprint density at radius 1 is 0.919 bits per heavy atom. The zero-order valence-electron chi connectivity index (χ0n) is 19.6. The number of nitrogens with one attached hydrogen (secondary N) is 3. The van der Waals surface area contributed by atoms with E-state index in [4.69, 9.17) is 0 Å². The summed E-state index contributed by atoms with van der Waals surface area (Å²) in [7, 11) is 0. The lowest BCUT2D eigenvalue weighted by atomic mass is 10.1. The van der Waals surface area contributed by atoms with Gasteiger partial charge in [0.2, 0.25) is 0 Å². The van der Waals surface area contributed by atoms with Gasteiger partial charge in [-0.2, -0.15) is 13.2 Å². The summed E-state index contributed by atoms with van der Waals surface area (Å²) in [5.41, 5.74) is 3.79. The maximum Gasteiger partial charge on any atom is 0.416 e. The van der Waals surface area contributed by atoms with Crippen LogP contribution >= 0.6 is 0 Å². The van der Waals surface area contributed by atoms with Gasteiger partial charge in [0, 0.05) is 29.3 Å². The Kier molecular flexibility index (Phi) is 5.99. The van der Waals surface area contributed by atoms with E-state index in [0.717, 1.165) is 29.5 Å². The Bertz CT molecular complexity index is 1630. The quantitative estimate of drug-likeness (QED) is 0.291. The highest BCUT2D eigenvalue weighted by Crippen LogP contribution is 2.33. The molecule has 3 N–H and O–H groups in total. The van der Waals surface area contributed by atoms with Crippen LogP contribution in [0.3, 0.4) is 0 Å². The normalized spacial score (nSPS) is 11.5. The number of hydrogen-bond acceptors (Lipinski definition) is 7. The molecule has 0 bridgehead atoms. The number of H-pyrrole nitrogens is 1. The number of rotatable bonds is 5. The van der Waals surface area contributed by atoms with Gasteiger partial charge < -0.3 is 15.6 Å². The van der Waals surface area contributed by atoms with Crippen molar-refractivity contribution in [2.24, 2.45) is 0 Å². The van der Waals surface area contributed by atoms with Crippen LogP contribution in [0.1, 0.15) is 27.2 Å². The summed E-state index contributed by atoms with van der Waals surface area (Å²) in [4.78, 5) is 36.8. The summed E-state index contributed by atoms with van der Waals surface area (Å²) >= 11 is 0. The lowest BCUT2D eigenvalue weighted by Gasteiger charge is -2.16. The summed E-state index contributed by atoms with van der Waals surface area (Å²) < 4.78 is 39.2. The van der Waals surface area contributed by atoms with Crippen LogP contribution in [0.15, 0.2) is 61.4 Å². The number of pyridine rings is 2. The molecule has 9 nitrogen and oxygen atoms in total. The van der Waals surface area contributed by atoms with Crippen LogP contribution in [0.5, 0.6) is 0 Å². The number of hydrogen-bond donors (Lipinski definition) is 3. The van der Waals surface area contributed by atoms with E-state index in [1.807, 2.05) is 19.1 Å². The van der Waals surface area contributed by atoms with E-state index < -0.39 is 17.6 Å². The molecule has 5 aromatic rings. The first-order chi connectivity index (χ1) is 17.7. The zero-order chi connectivity index (χ0) is 26.2. The molecule has 186 valence electrons. The standard InChI is InChI=1S/C25H19F3N8O/c1-13-8-14(2)18(36-24(37)19-9-15(5-7-29-19)25(26,27)28)10-17(13)35-22-16(4-3-6-30-22)20-21-23(33-11-31-20)34-12-32-21/h3-12H,1-2H3,(H,30,35)(H,36,37)(H,31,32,33,34). The van der Waals surface area contributed by atoms with Gasteiger partial charge in [-0.25, -0.2) is 19.9 Å². The smallest absolute Gasteiger partial charge is 0.341 e. The van der Waals surface area contributed by atoms with Gasteiger partial charge >= 0.3 is 6.18 Å². The summed E-state index contributed by atoms with van der Waals surface area (Å²) in [6.07, 6.45) is 0.953. The second-order valence-corrected chi connectivity index (χ2v) is 8.21. The third-order valence-corrected chi connectivity index (χ3v) is 5.68. The summed E-state index contributed by atoms with van der Waals surface area (Å²) in [5, 5.41) is 5.95. The molecular weight excluding hydrogens is 485 g/mol. The molecule has 1 aromatic carbocycles. The first-order valence-corrected chi connectivity index (χ1v) is 11.0. The molecule has 0 unspecified atom stereocenters. The van der Waals surface area contributed by atoms with E-state index in [1.165, 1.54) is 12.7 Å². The monoisotopic (exact) mass is 504 g/mol. The Balaban J connectivity index is 1.47. The van der Waals surface area contributed by atoms with Gasteiger partial charge in [0.25, 0.3) is 5.91 Å². The Morgan fingerprint density at radius 3 is 2.54 bits per heavy atom. The van der Waals surface area contributed by atoms with Gasteiger partial charge in [-0.1, -0.05) is 6.07 Å². The van der Waals surface area contributed by atoms with Crippen LogP contribution in [0.2, 0.25) is 0 Å². The van der Waals surface area contributed by atoms with Gasteiger partial charge in [-0.15, -0.1) is 0 Å². The van der Waals surface area contributed by atoms with Crippen molar-refractivity contribution in [1.29, 1.82) is 0 Å². The third kappa shape index (κ3) is 4.81. The number of carbonyl (C=O) groups excluding carboxylic acids is 1. The van der Waals surface area contributed by atoms with Crippen LogP contribution in [-0.4, -0.2) is 35.8 Å². The van der Waals surface area contributed by atoms with Crippen LogP contribution in [0.25, 0.3) is 22.4 Å². The van der Waals surface area contributed by atoms with Crippen LogP contribution in [-0.2, 0) is 6.18 Å². The predicted molar refractivity (Wildman–Crippen MR) is 131 cm³/mol. The number of amides is 1. The number of alkyl halides is 3. The van der Waals surface area contributed by atoms with Crippen molar-refractivity contribution in [2.75, 3.05) is 10.6 Å². The van der Waals surface area contributed by atoms with E-state index in [-0.39, 0.29) is 5.69 Å². The molecule has 1 amide bonds. The van der Waals surface area contributed by atoms with E-state index in [1.54, 1.807) is 25.3 Å². The number of nitrogens with zero attached hydrogens (tertiary/aromatic N) is 5. The maximum absolute atomic E-state index is 13.1. The van der Waals surface area contributed by atoms with E-state index in [9.17, 15) is 18.0 Å². The number of fused-ring (bicyclic) bond motifs is 1. The van der Waals surface area contributed by atoms with Gasteiger partial charge in [0.1, 0.15) is 29.0 Å². The molecule has 0 aliphatic heterocycles. The van der Waals surface area contributed by atoms with Crippen molar-refractivity contribution >= 4 is 34.3 Å². The van der Waals surface area contributed by atoms with E-state index in [2.05, 4.69) is 40.5 Å². The molecule has 0 aliphatic carbocycles. The van der Waals surface area contributed by atoms with Crippen molar-refractivity contribution in [1.82, 2.24) is 29.9 Å². The van der Waals surface area contributed by atoms with Crippen molar-refractivity contribution in [3.63, 3.8) is 0 Å². The third-order valence-electron chi connectivity index (χ3n) is 5.68. The van der Waals surface area contributed by atoms with E-state index in [0.29, 0.717) is 39.6 Å². The SMILES string of the molecule is Cc1cc(C)c(Nc2ncccc2-c2ncnc3nc[nH]c23)cc1NC(=O)c1cc(C(F)(F)F)ccn1. The van der Waals surface area contributed by atoms with Gasteiger partial charge in [0.15, 0.2) is 5.65 Å². The molecule has 0 saturated heterocycles. The minimum Gasteiger partial charge on any atom is -0.341 e. The van der Waals surface area contributed by atoms with Crippen LogP contribution in [0.4, 0.5) is 30.4 Å². The number of aryl methyl sites for hydroxylation is 2. The topological polar surface area (TPSA) is 121 Å². The Labute approximate surface area is 208 Å². The van der Waals surface area contributed by atoms with Crippen LogP contribution < -0.4 is 10.6 Å². The first-order valence-electron chi connectivity index (χ1n) is 11.0. The van der Waals surface area contributed by atoms with Crippen LogP contribution in [0, 0.1) is 13.8 Å². The second-order valence-electron chi connectivity index (χ2n) is 8.21. The average molecular weight is 504 g/mol. The Hall–Kier alpha value is -4.87. The number of imidazole rings is 1. The number of anilines is 3. The van der Waals surface area contributed by atoms with Gasteiger partial charge in [-0.05, 0) is 55.3 Å². The fourth-order valence-corrected chi connectivity index (χ4v) is 3.83. The summed E-state index contributed by atoms with van der Waals surface area (Å²) in [5.74, 6) is -0.258. The molecule has 0 fully saturated rings. The fraction of sp³-hybridized carbons (Fsp3) is 0.120. The van der Waals surface area contributed by atoms with Crippen molar-refractivity contribution in [3.05, 3.63) is 83.8 Å². The van der Waals surface area contributed by atoms with Gasteiger partial charge in [0.05, 0.1) is 11.9 Å².